The van der Waals surface area contributed by atoms with Gasteiger partial charge in [-0.25, -0.2) is 9.67 Å². The van der Waals surface area contributed by atoms with Crippen molar-refractivity contribution in [2.75, 3.05) is 0 Å². The SMILES string of the molecule is CC1CC(Sc2nc(C3CC3)n(-c3ccccc3)n2)C(=O)O1. The van der Waals surface area contributed by atoms with E-state index in [1.165, 1.54) is 11.8 Å². The molecule has 0 radical (unpaired) electrons. The second-order valence-electron chi connectivity index (χ2n) is 5.86. The first kappa shape index (κ1) is 13.8. The van der Waals surface area contributed by atoms with Crippen molar-refractivity contribution < 1.29 is 9.53 Å². The van der Waals surface area contributed by atoms with Crippen LogP contribution in [-0.2, 0) is 9.53 Å². The van der Waals surface area contributed by atoms with E-state index in [1.54, 1.807) is 0 Å². The molecule has 1 aromatic carbocycles. The van der Waals surface area contributed by atoms with Crippen LogP contribution in [0.15, 0.2) is 35.5 Å². The first-order valence-electron chi connectivity index (χ1n) is 7.60. The van der Waals surface area contributed by atoms with Crippen LogP contribution >= 0.6 is 11.8 Å². The average Bonchev–Trinajstić information content (AvgIpc) is 3.20. The highest BCUT2D eigenvalue weighted by Gasteiger charge is 2.35. The van der Waals surface area contributed by atoms with Crippen molar-refractivity contribution in [2.45, 2.75) is 48.6 Å². The van der Waals surface area contributed by atoms with Gasteiger partial charge in [0.25, 0.3) is 0 Å². The Bertz CT molecular complexity index is 697. The molecule has 114 valence electrons. The van der Waals surface area contributed by atoms with Crippen LogP contribution in [0.1, 0.15) is 37.9 Å². The number of nitrogens with zero attached hydrogens (tertiary/aromatic N) is 3. The lowest BCUT2D eigenvalue weighted by Crippen LogP contribution is -2.09. The summed E-state index contributed by atoms with van der Waals surface area (Å²) in [6, 6.07) is 10.0. The van der Waals surface area contributed by atoms with E-state index in [2.05, 4.69) is 10.1 Å². The Hall–Kier alpha value is -1.82. The molecule has 0 amide bonds. The molecule has 4 rings (SSSR count). The van der Waals surface area contributed by atoms with Crippen molar-refractivity contribution in [1.82, 2.24) is 14.8 Å². The van der Waals surface area contributed by atoms with Crippen molar-refractivity contribution in [1.29, 1.82) is 0 Å². The van der Waals surface area contributed by atoms with Crippen LogP contribution in [0.5, 0.6) is 0 Å². The maximum absolute atomic E-state index is 11.8. The highest BCUT2D eigenvalue weighted by atomic mass is 32.2. The van der Waals surface area contributed by atoms with Gasteiger partial charge in [-0.1, -0.05) is 30.0 Å². The molecule has 2 heterocycles. The van der Waals surface area contributed by atoms with Crippen LogP contribution < -0.4 is 0 Å². The van der Waals surface area contributed by atoms with Gasteiger partial charge in [-0.15, -0.1) is 5.10 Å². The molecule has 5 nitrogen and oxygen atoms in total. The van der Waals surface area contributed by atoms with Crippen LogP contribution in [0.2, 0.25) is 0 Å². The summed E-state index contributed by atoms with van der Waals surface area (Å²) in [4.78, 5) is 16.5. The second kappa shape index (κ2) is 5.43. The number of ether oxygens (including phenoxy) is 1. The third kappa shape index (κ3) is 2.63. The van der Waals surface area contributed by atoms with Gasteiger partial charge >= 0.3 is 5.97 Å². The fourth-order valence-electron chi connectivity index (χ4n) is 2.66. The van der Waals surface area contributed by atoms with Crippen molar-refractivity contribution >= 4 is 17.7 Å². The fraction of sp³-hybridized carbons (Fsp3) is 0.438. The van der Waals surface area contributed by atoms with Gasteiger partial charge < -0.3 is 4.74 Å². The molecule has 22 heavy (non-hydrogen) atoms. The third-order valence-electron chi connectivity index (χ3n) is 3.93. The molecule has 2 unspecified atom stereocenters. The molecular formula is C16H17N3O2S. The summed E-state index contributed by atoms with van der Waals surface area (Å²) in [5, 5.41) is 5.11. The number of esters is 1. The van der Waals surface area contributed by atoms with E-state index in [0.717, 1.165) is 30.8 Å². The van der Waals surface area contributed by atoms with Gasteiger partial charge in [0, 0.05) is 12.3 Å². The zero-order valence-electron chi connectivity index (χ0n) is 12.3. The van der Waals surface area contributed by atoms with E-state index in [0.29, 0.717) is 11.1 Å². The van der Waals surface area contributed by atoms with Crippen molar-refractivity contribution in [3.63, 3.8) is 0 Å². The van der Waals surface area contributed by atoms with Gasteiger partial charge in [0.1, 0.15) is 17.2 Å². The number of para-hydroxylation sites is 1. The molecule has 6 heteroatoms. The highest BCUT2D eigenvalue weighted by Crippen LogP contribution is 2.41. The highest BCUT2D eigenvalue weighted by molar-refractivity contribution is 8.00. The maximum Gasteiger partial charge on any atom is 0.319 e. The summed E-state index contributed by atoms with van der Waals surface area (Å²) in [5.41, 5.74) is 1.02. The van der Waals surface area contributed by atoms with E-state index in [4.69, 9.17) is 4.74 Å². The molecule has 1 saturated carbocycles. The predicted molar refractivity (Wildman–Crippen MR) is 83.2 cm³/mol. The molecule has 1 saturated heterocycles. The molecule has 2 aliphatic rings. The second-order valence-corrected chi connectivity index (χ2v) is 7.03. The van der Waals surface area contributed by atoms with Crippen LogP contribution in [0, 0.1) is 0 Å². The standard InChI is InChI=1S/C16H17N3O2S/c1-10-9-13(15(20)21-10)22-16-17-14(11-7-8-11)19(18-16)12-5-3-2-4-6-12/h2-6,10-11,13H,7-9H2,1H3. The summed E-state index contributed by atoms with van der Waals surface area (Å²) in [7, 11) is 0. The Kier molecular flexibility index (Phi) is 3.41. The number of cyclic esters (lactones) is 1. The topological polar surface area (TPSA) is 57.0 Å². The summed E-state index contributed by atoms with van der Waals surface area (Å²) >= 11 is 1.42. The molecule has 0 spiro atoms. The lowest BCUT2D eigenvalue weighted by molar-refractivity contribution is -0.140. The van der Waals surface area contributed by atoms with Crippen molar-refractivity contribution in [3.8, 4) is 5.69 Å². The smallest absolute Gasteiger partial charge is 0.319 e. The summed E-state index contributed by atoms with van der Waals surface area (Å²) in [6.45, 7) is 1.92. The number of aromatic nitrogens is 3. The molecule has 2 atom stereocenters. The van der Waals surface area contributed by atoms with E-state index in [-0.39, 0.29) is 17.3 Å². The van der Waals surface area contributed by atoms with Gasteiger partial charge in [0.15, 0.2) is 0 Å². The Morgan fingerprint density at radius 2 is 2.05 bits per heavy atom. The van der Waals surface area contributed by atoms with E-state index >= 15 is 0 Å². The lowest BCUT2D eigenvalue weighted by atomic mass is 10.3. The number of hydrogen-bond acceptors (Lipinski definition) is 5. The quantitative estimate of drug-likeness (QED) is 0.812. The fourth-order valence-corrected chi connectivity index (χ4v) is 3.71. The Balaban J connectivity index is 1.63. The minimum Gasteiger partial charge on any atom is -0.462 e. The van der Waals surface area contributed by atoms with Gasteiger partial charge in [-0.3, -0.25) is 4.79 Å². The summed E-state index contributed by atoms with van der Waals surface area (Å²) in [5.74, 6) is 1.35. The van der Waals surface area contributed by atoms with Gasteiger partial charge in [0.05, 0.1) is 5.69 Å². The van der Waals surface area contributed by atoms with Crippen molar-refractivity contribution in [3.05, 3.63) is 36.2 Å². The number of hydrogen-bond donors (Lipinski definition) is 0. The molecule has 0 N–H and O–H groups in total. The largest absolute Gasteiger partial charge is 0.462 e. The molecule has 2 fully saturated rings. The molecule has 1 aliphatic heterocycles. The number of benzene rings is 1. The van der Waals surface area contributed by atoms with Crippen LogP contribution in [0.3, 0.4) is 0 Å². The number of rotatable bonds is 4. The number of carbonyl (C=O) groups is 1. The molecular weight excluding hydrogens is 298 g/mol. The Labute approximate surface area is 133 Å². The first-order chi connectivity index (χ1) is 10.7. The first-order valence-corrected chi connectivity index (χ1v) is 8.48. The normalized spacial score (nSPS) is 24.5. The molecule has 2 aromatic rings. The van der Waals surface area contributed by atoms with Gasteiger partial charge in [-0.05, 0) is 31.9 Å². The number of carbonyl (C=O) groups excluding carboxylic acids is 1. The van der Waals surface area contributed by atoms with E-state index < -0.39 is 0 Å². The Morgan fingerprint density at radius 3 is 2.68 bits per heavy atom. The maximum atomic E-state index is 11.8. The average molecular weight is 315 g/mol. The minimum absolute atomic E-state index is 0.0101. The summed E-state index contributed by atoms with van der Waals surface area (Å²) in [6.07, 6.45) is 3.04. The molecule has 1 aromatic heterocycles. The van der Waals surface area contributed by atoms with Gasteiger partial charge in [-0.2, -0.15) is 0 Å². The Morgan fingerprint density at radius 1 is 1.27 bits per heavy atom. The third-order valence-corrected chi connectivity index (χ3v) is 4.98. The minimum atomic E-state index is -0.186. The van der Waals surface area contributed by atoms with Crippen LogP contribution in [-0.4, -0.2) is 32.1 Å². The predicted octanol–water partition coefficient (Wildman–Crippen LogP) is 2.94. The van der Waals surface area contributed by atoms with E-state index in [1.807, 2.05) is 41.9 Å². The van der Waals surface area contributed by atoms with Crippen LogP contribution in [0.4, 0.5) is 0 Å². The number of thioether (sulfide) groups is 1. The van der Waals surface area contributed by atoms with Crippen LogP contribution in [0.25, 0.3) is 5.69 Å². The lowest BCUT2D eigenvalue weighted by Gasteiger charge is -2.03. The monoisotopic (exact) mass is 315 g/mol. The summed E-state index contributed by atoms with van der Waals surface area (Å²) < 4.78 is 7.13. The van der Waals surface area contributed by atoms with Gasteiger partial charge in [0.2, 0.25) is 5.16 Å². The van der Waals surface area contributed by atoms with Crippen molar-refractivity contribution in [2.24, 2.45) is 0 Å². The zero-order valence-corrected chi connectivity index (χ0v) is 13.1. The zero-order chi connectivity index (χ0) is 15.1. The van der Waals surface area contributed by atoms with E-state index in [9.17, 15) is 4.79 Å². The molecule has 1 aliphatic carbocycles. The molecule has 0 bridgehead atoms.